The monoisotopic (exact) mass is 345 g/mol. The lowest BCUT2D eigenvalue weighted by atomic mass is 9.79. The maximum absolute atomic E-state index is 12.3. The normalized spacial score (nSPS) is 22.0. The Morgan fingerprint density at radius 2 is 1.56 bits per heavy atom. The van der Waals surface area contributed by atoms with Crippen molar-refractivity contribution in [2.75, 3.05) is 0 Å². The highest BCUT2D eigenvalue weighted by atomic mass is 16.7. The van der Waals surface area contributed by atoms with Gasteiger partial charge in [-0.2, -0.15) is 0 Å². The van der Waals surface area contributed by atoms with E-state index in [1.807, 2.05) is 27.7 Å². The molecule has 0 aromatic heterocycles. The third-order valence-corrected chi connectivity index (χ3v) is 4.52. The minimum absolute atomic E-state index is 0.0708. The zero-order valence-electron chi connectivity index (χ0n) is 15.0. The van der Waals surface area contributed by atoms with E-state index in [-0.39, 0.29) is 34.7 Å². The van der Waals surface area contributed by atoms with Gasteiger partial charge >= 0.3 is 5.97 Å². The predicted molar refractivity (Wildman–Crippen MR) is 89.6 cm³/mol. The van der Waals surface area contributed by atoms with Crippen molar-refractivity contribution in [3.8, 4) is 0 Å². The van der Waals surface area contributed by atoms with Crippen LogP contribution < -0.4 is 0 Å². The molecule has 0 radical (unpaired) electrons. The number of hydroxylamine groups is 2. The quantitative estimate of drug-likeness (QED) is 0.787. The molecule has 25 heavy (non-hydrogen) atoms. The van der Waals surface area contributed by atoms with Gasteiger partial charge in [-0.1, -0.05) is 17.2 Å². The molecule has 3 rings (SSSR count). The summed E-state index contributed by atoms with van der Waals surface area (Å²) in [5.74, 6) is -1.70. The Kier molecular flexibility index (Phi) is 4.19. The zero-order valence-corrected chi connectivity index (χ0v) is 15.0. The Bertz CT molecular complexity index is 686. The standard InChI is InChI=1S/C19H23NO5/c1-18(2)10-12(11-19(3,4)25-18)9-15(21)24-20-16(22)13-7-5-6-8-14(13)17(20)23/h5-8,12H,9-11H2,1-4H3. The third-order valence-electron chi connectivity index (χ3n) is 4.52. The number of nitrogens with zero attached hydrogens (tertiary/aromatic N) is 1. The number of amides is 2. The first-order chi connectivity index (χ1) is 11.6. The molecule has 0 unspecified atom stereocenters. The molecule has 2 aliphatic rings. The molecule has 1 aromatic carbocycles. The van der Waals surface area contributed by atoms with Crippen LogP contribution in [-0.2, 0) is 14.4 Å². The summed E-state index contributed by atoms with van der Waals surface area (Å²) in [6, 6.07) is 6.43. The highest BCUT2D eigenvalue weighted by Gasteiger charge is 2.42. The van der Waals surface area contributed by atoms with E-state index in [9.17, 15) is 14.4 Å². The summed E-state index contributed by atoms with van der Waals surface area (Å²) in [5.41, 5.74) is -0.146. The molecule has 1 fully saturated rings. The smallest absolute Gasteiger partial charge is 0.333 e. The minimum Gasteiger partial charge on any atom is -0.370 e. The molecule has 2 amide bonds. The van der Waals surface area contributed by atoms with Crippen LogP contribution in [0.15, 0.2) is 24.3 Å². The second-order valence-corrected chi connectivity index (χ2v) is 8.01. The number of hydrogen-bond acceptors (Lipinski definition) is 5. The van der Waals surface area contributed by atoms with E-state index >= 15 is 0 Å². The van der Waals surface area contributed by atoms with Crippen molar-refractivity contribution in [2.24, 2.45) is 5.92 Å². The number of benzene rings is 1. The summed E-state index contributed by atoms with van der Waals surface area (Å²) < 4.78 is 6.01. The number of carbonyl (C=O) groups excluding carboxylic acids is 3. The number of ether oxygens (including phenoxy) is 1. The summed E-state index contributed by atoms with van der Waals surface area (Å²) in [5, 5.41) is 0.572. The van der Waals surface area contributed by atoms with E-state index in [1.165, 1.54) is 0 Å². The van der Waals surface area contributed by atoms with Crippen LogP contribution in [-0.4, -0.2) is 34.0 Å². The average molecular weight is 345 g/mol. The number of carbonyl (C=O) groups is 3. The Balaban J connectivity index is 1.66. The highest BCUT2D eigenvalue weighted by Crippen LogP contribution is 2.40. The lowest BCUT2D eigenvalue weighted by Crippen LogP contribution is -2.46. The molecule has 134 valence electrons. The lowest BCUT2D eigenvalue weighted by molar-refractivity contribution is -0.185. The Morgan fingerprint density at radius 3 is 2.04 bits per heavy atom. The van der Waals surface area contributed by atoms with Crippen LogP contribution in [0.1, 0.15) is 67.7 Å². The Morgan fingerprint density at radius 1 is 1.08 bits per heavy atom. The highest BCUT2D eigenvalue weighted by molar-refractivity contribution is 6.20. The van der Waals surface area contributed by atoms with Crippen molar-refractivity contribution in [3.05, 3.63) is 35.4 Å². The minimum atomic E-state index is -0.596. The summed E-state index contributed by atoms with van der Waals surface area (Å²) in [4.78, 5) is 41.9. The van der Waals surface area contributed by atoms with Crippen molar-refractivity contribution < 1.29 is 24.0 Å². The molecule has 2 aliphatic heterocycles. The van der Waals surface area contributed by atoms with E-state index in [4.69, 9.17) is 9.57 Å². The molecule has 0 atom stereocenters. The van der Waals surface area contributed by atoms with E-state index in [1.54, 1.807) is 24.3 Å². The fourth-order valence-corrected chi connectivity index (χ4v) is 4.06. The fraction of sp³-hybridized carbons (Fsp3) is 0.526. The van der Waals surface area contributed by atoms with Crippen LogP contribution in [0.3, 0.4) is 0 Å². The molecule has 0 spiro atoms. The molecule has 0 N–H and O–H groups in total. The van der Waals surface area contributed by atoms with Gasteiger partial charge in [0.2, 0.25) is 0 Å². The van der Waals surface area contributed by atoms with Crippen molar-refractivity contribution in [2.45, 2.75) is 58.2 Å². The van der Waals surface area contributed by atoms with Crippen molar-refractivity contribution in [1.29, 1.82) is 0 Å². The largest absolute Gasteiger partial charge is 0.370 e. The maximum Gasteiger partial charge on any atom is 0.333 e. The molecule has 1 saturated heterocycles. The third kappa shape index (κ3) is 3.58. The maximum atomic E-state index is 12.3. The van der Waals surface area contributed by atoms with Crippen LogP contribution in [0, 0.1) is 5.92 Å². The van der Waals surface area contributed by atoms with Gasteiger partial charge in [-0.15, -0.1) is 0 Å². The molecule has 1 aromatic rings. The topological polar surface area (TPSA) is 72.9 Å². The van der Waals surface area contributed by atoms with Gasteiger partial charge in [-0.3, -0.25) is 9.59 Å². The van der Waals surface area contributed by atoms with E-state index in [0.29, 0.717) is 17.9 Å². The molecular formula is C19H23NO5. The molecule has 6 heteroatoms. The van der Waals surface area contributed by atoms with Crippen LogP contribution >= 0.6 is 0 Å². The van der Waals surface area contributed by atoms with Gasteiger partial charge in [-0.25, -0.2) is 4.79 Å². The van der Waals surface area contributed by atoms with Gasteiger partial charge in [0, 0.05) is 0 Å². The molecular weight excluding hydrogens is 322 g/mol. The summed E-state index contributed by atoms with van der Waals surface area (Å²) in [7, 11) is 0. The van der Waals surface area contributed by atoms with Gasteiger partial charge in [0.15, 0.2) is 0 Å². The Hall–Kier alpha value is -2.21. The average Bonchev–Trinajstić information content (AvgIpc) is 2.69. The van der Waals surface area contributed by atoms with Gasteiger partial charge in [-0.05, 0) is 58.6 Å². The van der Waals surface area contributed by atoms with Crippen LogP contribution in [0.5, 0.6) is 0 Å². The number of hydrogen-bond donors (Lipinski definition) is 0. The first-order valence-corrected chi connectivity index (χ1v) is 8.47. The summed E-state index contributed by atoms with van der Waals surface area (Å²) in [6.07, 6.45) is 1.57. The molecule has 0 saturated carbocycles. The van der Waals surface area contributed by atoms with Gasteiger partial charge in [0.05, 0.1) is 28.7 Å². The molecule has 0 aliphatic carbocycles. The van der Waals surface area contributed by atoms with E-state index < -0.39 is 17.8 Å². The number of fused-ring (bicyclic) bond motifs is 1. The fourth-order valence-electron chi connectivity index (χ4n) is 4.06. The second kappa shape index (κ2) is 5.95. The van der Waals surface area contributed by atoms with Gasteiger partial charge < -0.3 is 9.57 Å². The second-order valence-electron chi connectivity index (χ2n) is 8.01. The van der Waals surface area contributed by atoms with E-state index in [0.717, 1.165) is 0 Å². The van der Waals surface area contributed by atoms with Crippen LogP contribution in [0.4, 0.5) is 0 Å². The molecule has 2 heterocycles. The van der Waals surface area contributed by atoms with E-state index in [2.05, 4.69) is 0 Å². The van der Waals surface area contributed by atoms with Crippen LogP contribution in [0.25, 0.3) is 0 Å². The van der Waals surface area contributed by atoms with Crippen LogP contribution in [0.2, 0.25) is 0 Å². The van der Waals surface area contributed by atoms with Gasteiger partial charge in [0.25, 0.3) is 11.8 Å². The first-order valence-electron chi connectivity index (χ1n) is 8.47. The van der Waals surface area contributed by atoms with Crippen molar-refractivity contribution in [1.82, 2.24) is 5.06 Å². The summed E-state index contributed by atoms with van der Waals surface area (Å²) in [6.45, 7) is 7.99. The SMILES string of the molecule is CC1(C)CC(CC(=O)ON2C(=O)c3ccccc3C2=O)CC(C)(C)O1. The zero-order chi connectivity index (χ0) is 18.4. The lowest BCUT2D eigenvalue weighted by Gasteiger charge is -2.45. The van der Waals surface area contributed by atoms with Crippen molar-refractivity contribution >= 4 is 17.8 Å². The number of rotatable bonds is 3. The molecule has 6 nitrogen and oxygen atoms in total. The first kappa shape index (κ1) is 17.6. The number of imide groups is 1. The van der Waals surface area contributed by atoms with Gasteiger partial charge in [0.1, 0.15) is 0 Å². The predicted octanol–water partition coefficient (Wildman–Crippen LogP) is 3.11. The molecule has 0 bridgehead atoms. The Labute approximate surface area is 147 Å². The summed E-state index contributed by atoms with van der Waals surface area (Å²) >= 11 is 0. The van der Waals surface area contributed by atoms with Crippen molar-refractivity contribution in [3.63, 3.8) is 0 Å².